The van der Waals surface area contributed by atoms with Crippen molar-refractivity contribution in [2.75, 3.05) is 11.9 Å². The molecule has 6 nitrogen and oxygen atoms in total. The normalized spacial score (nSPS) is 16.0. The quantitative estimate of drug-likeness (QED) is 0.478. The predicted molar refractivity (Wildman–Crippen MR) is 125 cm³/mol. The first kappa shape index (κ1) is 19.8. The number of anilines is 1. The number of thiophene rings is 1. The highest BCUT2D eigenvalue weighted by atomic mass is 32.1. The number of likely N-dealkylation sites (tertiary alicyclic amines) is 1. The molecule has 1 fully saturated rings. The number of pyridine rings is 1. The van der Waals surface area contributed by atoms with Gasteiger partial charge in [0.2, 0.25) is 5.91 Å². The van der Waals surface area contributed by atoms with Crippen LogP contribution in [-0.4, -0.2) is 39.3 Å². The molecule has 1 aromatic carbocycles. The largest absolute Gasteiger partial charge is 0.327 e. The number of nitrogens with one attached hydrogen (secondary N) is 1. The first-order chi connectivity index (χ1) is 15.1. The van der Waals surface area contributed by atoms with E-state index in [1.807, 2.05) is 60.1 Å². The Kier molecular flexibility index (Phi) is 5.25. The first-order valence-corrected chi connectivity index (χ1v) is 11.8. The molecular weight excluding hydrogens is 428 g/mol. The van der Waals surface area contributed by atoms with Gasteiger partial charge in [-0.2, -0.15) is 11.3 Å². The standard InChI is InChI=1S/C23H20N4O2S2/c1-14-16(8-9-17(24-14)15-10-12-30-13-15)22(29)27-11-4-6-19(27)21(28)26-23-25-18-5-2-3-7-20(18)31-23/h2-3,5,7-10,12-13,19H,4,6,11H2,1H3,(H,25,26,28). The fourth-order valence-electron chi connectivity index (χ4n) is 3.91. The average Bonchev–Trinajstić information content (AvgIpc) is 3.53. The van der Waals surface area contributed by atoms with Gasteiger partial charge in [-0.25, -0.2) is 4.98 Å². The molecule has 5 rings (SSSR count). The van der Waals surface area contributed by atoms with E-state index in [0.29, 0.717) is 29.4 Å². The SMILES string of the molecule is Cc1nc(-c2ccsc2)ccc1C(=O)N1CCCC1C(=O)Nc1nc2ccccc2s1. The monoisotopic (exact) mass is 448 g/mol. The molecule has 8 heteroatoms. The van der Waals surface area contributed by atoms with Crippen molar-refractivity contribution in [2.45, 2.75) is 25.8 Å². The molecule has 4 aromatic rings. The highest BCUT2D eigenvalue weighted by Gasteiger charge is 2.35. The maximum absolute atomic E-state index is 13.3. The summed E-state index contributed by atoms with van der Waals surface area (Å²) in [6.45, 7) is 2.40. The number of aryl methyl sites for hydroxylation is 1. The number of benzene rings is 1. The molecule has 1 atom stereocenters. The Bertz CT molecular complexity index is 1230. The van der Waals surface area contributed by atoms with Crippen LogP contribution in [0.15, 0.2) is 53.2 Å². The molecule has 3 aromatic heterocycles. The Morgan fingerprint density at radius 3 is 2.77 bits per heavy atom. The van der Waals surface area contributed by atoms with Crippen molar-refractivity contribution in [3.05, 3.63) is 64.5 Å². The third-order valence-corrected chi connectivity index (χ3v) is 7.11. The summed E-state index contributed by atoms with van der Waals surface area (Å²) >= 11 is 3.05. The van der Waals surface area contributed by atoms with Gasteiger partial charge in [0.15, 0.2) is 5.13 Å². The zero-order chi connectivity index (χ0) is 21.4. The number of aromatic nitrogens is 2. The van der Waals surface area contributed by atoms with Gasteiger partial charge in [0, 0.05) is 17.5 Å². The van der Waals surface area contributed by atoms with Crippen molar-refractivity contribution in [3.63, 3.8) is 0 Å². The molecule has 1 N–H and O–H groups in total. The minimum Gasteiger partial charge on any atom is -0.327 e. The van der Waals surface area contributed by atoms with Crippen LogP contribution in [0, 0.1) is 6.92 Å². The molecular formula is C23H20N4O2S2. The second kappa shape index (κ2) is 8.20. The van der Waals surface area contributed by atoms with Crippen LogP contribution in [-0.2, 0) is 4.79 Å². The Morgan fingerprint density at radius 2 is 2.00 bits per heavy atom. The molecule has 1 aliphatic heterocycles. The fourth-order valence-corrected chi connectivity index (χ4v) is 5.43. The minimum atomic E-state index is -0.504. The number of hydrogen-bond donors (Lipinski definition) is 1. The second-order valence-corrected chi connectivity index (χ2v) is 9.28. The molecule has 31 heavy (non-hydrogen) atoms. The molecule has 4 heterocycles. The summed E-state index contributed by atoms with van der Waals surface area (Å²) < 4.78 is 1.02. The smallest absolute Gasteiger partial charge is 0.256 e. The average molecular weight is 449 g/mol. The lowest BCUT2D eigenvalue weighted by Crippen LogP contribution is -2.43. The van der Waals surface area contributed by atoms with Gasteiger partial charge in [0.25, 0.3) is 5.91 Å². The zero-order valence-corrected chi connectivity index (χ0v) is 18.5. The van der Waals surface area contributed by atoms with Gasteiger partial charge in [-0.05, 0) is 55.5 Å². The summed E-state index contributed by atoms with van der Waals surface area (Å²) in [5.74, 6) is -0.339. The summed E-state index contributed by atoms with van der Waals surface area (Å²) in [6, 6.07) is 13.0. The summed E-state index contributed by atoms with van der Waals surface area (Å²) in [4.78, 5) is 37.0. The van der Waals surface area contributed by atoms with Gasteiger partial charge in [-0.1, -0.05) is 23.5 Å². The maximum Gasteiger partial charge on any atom is 0.256 e. The van der Waals surface area contributed by atoms with Crippen molar-refractivity contribution in [1.29, 1.82) is 0 Å². The minimum absolute atomic E-state index is 0.149. The van der Waals surface area contributed by atoms with Crippen molar-refractivity contribution in [1.82, 2.24) is 14.9 Å². The molecule has 1 aliphatic rings. The van der Waals surface area contributed by atoms with Crippen LogP contribution in [0.25, 0.3) is 21.5 Å². The predicted octanol–water partition coefficient (Wildman–Crippen LogP) is 4.97. The van der Waals surface area contributed by atoms with Crippen molar-refractivity contribution >= 4 is 49.8 Å². The molecule has 1 saturated heterocycles. The maximum atomic E-state index is 13.3. The molecule has 0 spiro atoms. The van der Waals surface area contributed by atoms with E-state index >= 15 is 0 Å². The summed E-state index contributed by atoms with van der Waals surface area (Å²) in [5, 5.41) is 7.51. The van der Waals surface area contributed by atoms with Gasteiger partial charge in [0.1, 0.15) is 6.04 Å². The van der Waals surface area contributed by atoms with E-state index in [1.54, 1.807) is 16.2 Å². The number of carbonyl (C=O) groups is 2. The number of hydrogen-bond acceptors (Lipinski definition) is 6. The number of rotatable bonds is 4. The third kappa shape index (κ3) is 3.84. The number of nitrogens with zero attached hydrogens (tertiary/aromatic N) is 3. The van der Waals surface area contributed by atoms with E-state index in [-0.39, 0.29) is 11.8 Å². The number of para-hydroxylation sites is 1. The first-order valence-electron chi connectivity index (χ1n) is 10.1. The number of thiazole rings is 1. The molecule has 2 amide bonds. The lowest BCUT2D eigenvalue weighted by Gasteiger charge is -2.24. The number of amides is 2. The third-order valence-electron chi connectivity index (χ3n) is 5.47. The fraction of sp³-hybridized carbons (Fsp3) is 0.217. The van der Waals surface area contributed by atoms with E-state index in [4.69, 9.17) is 0 Å². The molecule has 0 aliphatic carbocycles. The molecule has 0 bridgehead atoms. The Balaban J connectivity index is 1.34. The van der Waals surface area contributed by atoms with Gasteiger partial charge in [-0.15, -0.1) is 0 Å². The Hall–Kier alpha value is -3.10. The summed E-state index contributed by atoms with van der Waals surface area (Å²) in [6.07, 6.45) is 1.44. The second-order valence-electron chi connectivity index (χ2n) is 7.47. The van der Waals surface area contributed by atoms with Crippen LogP contribution < -0.4 is 5.32 Å². The zero-order valence-electron chi connectivity index (χ0n) is 16.9. The lowest BCUT2D eigenvalue weighted by atomic mass is 10.1. The highest BCUT2D eigenvalue weighted by molar-refractivity contribution is 7.22. The van der Waals surface area contributed by atoms with Crippen LogP contribution in [0.4, 0.5) is 5.13 Å². The van der Waals surface area contributed by atoms with Gasteiger partial charge < -0.3 is 10.2 Å². The van der Waals surface area contributed by atoms with Gasteiger partial charge >= 0.3 is 0 Å². The molecule has 0 radical (unpaired) electrons. The van der Waals surface area contributed by atoms with Crippen LogP contribution in [0.5, 0.6) is 0 Å². The van der Waals surface area contributed by atoms with Crippen molar-refractivity contribution in [2.24, 2.45) is 0 Å². The van der Waals surface area contributed by atoms with Crippen molar-refractivity contribution < 1.29 is 9.59 Å². The van der Waals surface area contributed by atoms with E-state index in [9.17, 15) is 9.59 Å². The summed E-state index contributed by atoms with van der Waals surface area (Å²) in [7, 11) is 0. The Labute approximate surface area is 187 Å². The van der Waals surface area contributed by atoms with Crippen LogP contribution in [0.2, 0.25) is 0 Å². The Morgan fingerprint density at radius 1 is 1.13 bits per heavy atom. The van der Waals surface area contributed by atoms with Crippen LogP contribution >= 0.6 is 22.7 Å². The topological polar surface area (TPSA) is 75.2 Å². The summed E-state index contributed by atoms with van der Waals surface area (Å²) in [5.41, 5.74) is 3.96. The van der Waals surface area contributed by atoms with E-state index in [1.165, 1.54) is 11.3 Å². The molecule has 0 saturated carbocycles. The van der Waals surface area contributed by atoms with Crippen LogP contribution in [0.3, 0.4) is 0 Å². The van der Waals surface area contributed by atoms with E-state index in [0.717, 1.165) is 27.9 Å². The molecule has 156 valence electrons. The van der Waals surface area contributed by atoms with Crippen molar-refractivity contribution in [3.8, 4) is 11.3 Å². The van der Waals surface area contributed by atoms with E-state index in [2.05, 4.69) is 15.3 Å². The lowest BCUT2D eigenvalue weighted by molar-refractivity contribution is -0.119. The van der Waals surface area contributed by atoms with E-state index < -0.39 is 6.04 Å². The van der Waals surface area contributed by atoms with Gasteiger partial charge in [0.05, 0.1) is 27.2 Å². The van der Waals surface area contributed by atoms with Crippen LogP contribution in [0.1, 0.15) is 28.9 Å². The molecule has 1 unspecified atom stereocenters. The number of fused-ring (bicyclic) bond motifs is 1. The van der Waals surface area contributed by atoms with Gasteiger partial charge in [-0.3, -0.25) is 14.6 Å². The highest BCUT2D eigenvalue weighted by Crippen LogP contribution is 2.28. The number of carbonyl (C=O) groups excluding carboxylic acids is 2.